The SMILES string of the molecule is CCC(CC)NC(=O)Cn1cnc2sc(C)c(C)c2c1=O. The standard InChI is InChI=1S/C15H21N3O2S/c1-5-11(6-2)17-12(19)7-18-8-16-14-13(15(18)20)9(3)10(4)21-14/h8,11H,5-7H2,1-4H3,(H,17,19). The van der Waals surface area contributed by atoms with Crippen molar-refractivity contribution in [1.29, 1.82) is 0 Å². The van der Waals surface area contributed by atoms with Crippen molar-refractivity contribution >= 4 is 27.5 Å². The first kappa shape index (κ1) is 15.7. The zero-order chi connectivity index (χ0) is 15.6. The van der Waals surface area contributed by atoms with Crippen LogP contribution in [-0.2, 0) is 11.3 Å². The number of carbonyl (C=O) groups excluding carboxylic acids is 1. The molecule has 0 aliphatic carbocycles. The molecule has 1 N–H and O–H groups in total. The fraction of sp³-hybridized carbons (Fsp3) is 0.533. The van der Waals surface area contributed by atoms with Crippen molar-refractivity contribution in [3.8, 4) is 0 Å². The highest BCUT2D eigenvalue weighted by Crippen LogP contribution is 2.25. The first-order valence-corrected chi connectivity index (χ1v) is 8.04. The zero-order valence-electron chi connectivity index (χ0n) is 12.9. The molecule has 114 valence electrons. The predicted octanol–water partition coefficient (Wildman–Crippen LogP) is 2.38. The van der Waals surface area contributed by atoms with Gasteiger partial charge in [0.1, 0.15) is 11.4 Å². The van der Waals surface area contributed by atoms with Crippen molar-refractivity contribution in [2.45, 2.75) is 53.1 Å². The molecule has 2 rings (SSSR count). The average molecular weight is 307 g/mol. The zero-order valence-corrected chi connectivity index (χ0v) is 13.7. The van der Waals surface area contributed by atoms with Crippen molar-refractivity contribution in [3.05, 3.63) is 27.1 Å². The van der Waals surface area contributed by atoms with Crippen LogP contribution in [0.2, 0.25) is 0 Å². The lowest BCUT2D eigenvalue weighted by Crippen LogP contribution is -2.38. The second kappa shape index (κ2) is 6.39. The third-order valence-corrected chi connectivity index (χ3v) is 4.94. The summed E-state index contributed by atoms with van der Waals surface area (Å²) in [5.74, 6) is -0.142. The van der Waals surface area contributed by atoms with E-state index in [1.54, 1.807) is 0 Å². The van der Waals surface area contributed by atoms with E-state index in [1.165, 1.54) is 22.2 Å². The smallest absolute Gasteiger partial charge is 0.262 e. The van der Waals surface area contributed by atoms with E-state index in [0.717, 1.165) is 28.1 Å². The monoisotopic (exact) mass is 307 g/mol. The molecule has 0 radical (unpaired) electrons. The number of carbonyl (C=O) groups is 1. The predicted molar refractivity (Wildman–Crippen MR) is 85.9 cm³/mol. The Morgan fingerprint density at radius 1 is 1.38 bits per heavy atom. The molecule has 6 heteroatoms. The molecule has 2 aromatic heterocycles. The van der Waals surface area contributed by atoms with Crippen LogP contribution >= 0.6 is 11.3 Å². The number of aryl methyl sites for hydroxylation is 2. The summed E-state index contributed by atoms with van der Waals surface area (Å²) in [4.78, 5) is 30.6. The molecule has 21 heavy (non-hydrogen) atoms. The molecule has 0 spiro atoms. The van der Waals surface area contributed by atoms with Gasteiger partial charge in [0.25, 0.3) is 5.56 Å². The van der Waals surface area contributed by atoms with Gasteiger partial charge in [-0.2, -0.15) is 0 Å². The normalized spacial score (nSPS) is 11.3. The quantitative estimate of drug-likeness (QED) is 0.922. The summed E-state index contributed by atoms with van der Waals surface area (Å²) in [5.41, 5.74) is 0.823. The van der Waals surface area contributed by atoms with Gasteiger partial charge in [-0.3, -0.25) is 14.2 Å². The van der Waals surface area contributed by atoms with Crippen LogP contribution in [0.15, 0.2) is 11.1 Å². The summed E-state index contributed by atoms with van der Waals surface area (Å²) >= 11 is 1.51. The maximum absolute atomic E-state index is 12.5. The van der Waals surface area contributed by atoms with Crippen molar-refractivity contribution in [2.24, 2.45) is 0 Å². The summed E-state index contributed by atoms with van der Waals surface area (Å²) in [6, 6.07) is 0.162. The molecule has 0 saturated carbocycles. The summed E-state index contributed by atoms with van der Waals surface area (Å²) in [7, 11) is 0. The maximum Gasteiger partial charge on any atom is 0.262 e. The fourth-order valence-electron chi connectivity index (χ4n) is 2.30. The van der Waals surface area contributed by atoms with Gasteiger partial charge in [0, 0.05) is 10.9 Å². The Bertz CT molecular complexity index is 714. The number of nitrogens with one attached hydrogen (secondary N) is 1. The lowest BCUT2D eigenvalue weighted by molar-refractivity contribution is -0.122. The summed E-state index contributed by atoms with van der Waals surface area (Å²) in [6.07, 6.45) is 3.24. The topological polar surface area (TPSA) is 64.0 Å². The number of fused-ring (bicyclic) bond motifs is 1. The molecule has 0 fully saturated rings. The van der Waals surface area contributed by atoms with Crippen molar-refractivity contribution in [3.63, 3.8) is 0 Å². The van der Waals surface area contributed by atoms with Crippen LogP contribution in [0.3, 0.4) is 0 Å². The fourth-order valence-corrected chi connectivity index (χ4v) is 3.29. The minimum atomic E-state index is -0.142. The van der Waals surface area contributed by atoms with Gasteiger partial charge in [-0.25, -0.2) is 4.98 Å². The highest BCUT2D eigenvalue weighted by molar-refractivity contribution is 7.18. The van der Waals surface area contributed by atoms with E-state index in [1.807, 2.05) is 27.7 Å². The highest BCUT2D eigenvalue weighted by atomic mass is 32.1. The summed E-state index contributed by atoms with van der Waals surface area (Å²) < 4.78 is 1.39. The second-order valence-electron chi connectivity index (χ2n) is 5.22. The lowest BCUT2D eigenvalue weighted by atomic mass is 10.2. The summed E-state index contributed by atoms with van der Waals surface area (Å²) in [5, 5.41) is 3.57. The van der Waals surface area contributed by atoms with Crippen molar-refractivity contribution in [2.75, 3.05) is 0 Å². The second-order valence-corrected chi connectivity index (χ2v) is 6.43. The Kier molecular flexibility index (Phi) is 4.77. The molecule has 0 atom stereocenters. The van der Waals surface area contributed by atoms with Crippen LogP contribution in [0.25, 0.3) is 10.2 Å². The maximum atomic E-state index is 12.5. The first-order valence-electron chi connectivity index (χ1n) is 7.22. The number of aromatic nitrogens is 2. The minimum Gasteiger partial charge on any atom is -0.352 e. The van der Waals surface area contributed by atoms with E-state index in [2.05, 4.69) is 10.3 Å². The van der Waals surface area contributed by atoms with Gasteiger partial charge in [0.2, 0.25) is 5.91 Å². The molecule has 2 aromatic rings. The van der Waals surface area contributed by atoms with Gasteiger partial charge < -0.3 is 5.32 Å². The van der Waals surface area contributed by atoms with E-state index in [4.69, 9.17) is 0 Å². The van der Waals surface area contributed by atoms with Gasteiger partial charge in [-0.15, -0.1) is 11.3 Å². The number of hydrogen-bond acceptors (Lipinski definition) is 4. The van der Waals surface area contributed by atoms with E-state index in [9.17, 15) is 9.59 Å². The number of nitrogens with zero attached hydrogens (tertiary/aromatic N) is 2. The van der Waals surface area contributed by atoms with Crippen molar-refractivity contribution < 1.29 is 4.79 Å². The van der Waals surface area contributed by atoms with Gasteiger partial charge in [0.15, 0.2) is 0 Å². The lowest BCUT2D eigenvalue weighted by Gasteiger charge is -2.15. The molecule has 0 aliphatic rings. The number of amides is 1. The first-order chi connectivity index (χ1) is 9.97. The molecular weight excluding hydrogens is 286 g/mol. The Morgan fingerprint density at radius 2 is 2.05 bits per heavy atom. The molecule has 0 aliphatic heterocycles. The Morgan fingerprint density at radius 3 is 2.67 bits per heavy atom. The molecule has 0 aromatic carbocycles. The van der Waals surface area contributed by atoms with Crippen LogP contribution in [0, 0.1) is 13.8 Å². The van der Waals surface area contributed by atoms with E-state index < -0.39 is 0 Å². The van der Waals surface area contributed by atoms with Crippen molar-refractivity contribution in [1.82, 2.24) is 14.9 Å². The average Bonchev–Trinajstić information content (AvgIpc) is 2.75. The third kappa shape index (κ3) is 3.15. The van der Waals surface area contributed by atoms with Crippen LogP contribution < -0.4 is 10.9 Å². The molecule has 2 heterocycles. The Hall–Kier alpha value is -1.69. The Balaban J connectivity index is 2.27. The number of hydrogen-bond donors (Lipinski definition) is 1. The van der Waals surface area contributed by atoms with Gasteiger partial charge in [0.05, 0.1) is 11.7 Å². The number of thiophene rings is 1. The minimum absolute atomic E-state index is 0.0204. The van der Waals surface area contributed by atoms with Crippen LogP contribution in [0.5, 0.6) is 0 Å². The molecule has 1 amide bonds. The van der Waals surface area contributed by atoms with E-state index in [0.29, 0.717) is 5.39 Å². The molecule has 0 unspecified atom stereocenters. The Labute approximate surface area is 128 Å². The largest absolute Gasteiger partial charge is 0.352 e. The van der Waals surface area contributed by atoms with Crippen LogP contribution in [-0.4, -0.2) is 21.5 Å². The van der Waals surface area contributed by atoms with Crippen LogP contribution in [0.4, 0.5) is 0 Å². The van der Waals surface area contributed by atoms with Gasteiger partial charge in [-0.05, 0) is 32.3 Å². The van der Waals surface area contributed by atoms with Gasteiger partial charge in [-0.1, -0.05) is 13.8 Å². The summed E-state index contributed by atoms with van der Waals surface area (Å²) in [6.45, 7) is 7.99. The molecule has 0 saturated heterocycles. The molecular formula is C15H21N3O2S. The van der Waals surface area contributed by atoms with Gasteiger partial charge >= 0.3 is 0 Å². The number of rotatable bonds is 5. The molecule has 0 bridgehead atoms. The van der Waals surface area contributed by atoms with E-state index >= 15 is 0 Å². The van der Waals surface area contributed by atoms with Crippen LogP contribution in [0.1, 0.15) is 37.1 Å². The molecule has 5 nitrogen and oxygen atoms in total. The highest BCUT2D eigenvalue weighted by Gasteiger charge is 2.14. The van der Waals surface area contributed by atoms with E-state index in [-0.39, 0.29) is 24.1 Å². The third-order valence-electron chi connectivity index (χ3n) is 3.82.